The Hall–Kier alpha value is -5.61. The van der Waals surface area contributed by atoms with E-state index in [4.69, 9.17) is 0 Å². The Labute approximate surface area is 346 Å². The van der Waals surface area contributed by atoms with Crippen molar-refractivity contribution in [2.45, 2.75) is 88.2 Å². The van der Waals surface area contributed by atoms with E-state index in [0.29, 0.717) is 61.4 Å². The van der Waals surface area contributed by atoms with Crippen LogP contribution in [0, 0.1) is 17.6 Å². The van der Waals surface area contributed by atoms with Crippen molar-refractivity contribution in [2.75, 3.05) is 43.6 Å². The van der Waals surface area contributed by atoms with E-state index in [1.807, 2.05) is 4.90 Å². The van der Waals surface area contributed by atoms with Crippen LogP contribution >= 0.6 is 0 Å². The van der Waals surface area contributed by atoms with E-state index in [0.717, 1.165) is 57.8 Å². The van der Waals surface area contributed by atoms with Gasteiger partial charge in [-0.3, -0.25) is 29.1 Å². The highest BCUT2D eigenvalue weighted by molar-refractivity contribution is 6.01. The number of imide groups is 1. The quantitative estimate of drug-likeness (QED) is 0.118. The van der Waals surface area contributed by atoms with Gasteiger partial charge in [-0.05, 0) is 99.8 Å². The standard InChI is InChI=1S/C29H41FN4O4.C15H10F2N4O/c30-24-18-22(31-25-8-9-26(35)32-27(25)36)6-7-23(24)20-10-14-33(15-11-20)19-29(38)12-16-34(17-13-29)28(37)21-4-2-1-3-5-21;16-12-9-18-15(20-17)19-14(12)10-4-3-5-11(8-10)21-7-2-1-6-13(21)22/h6-7,18,20-21,25,31,38H,1-5,8-17,19H2,(H,32,35,36);1-9H,(H,18,19,20). The van der Waals surface area contributed by atoms with Gasteiger partial charge in [0.2, 0.25) is 17.7 Å². The summed E-state index contributed by atoms with van der Waals surface area (Å²) in [6.07, 6.45) is 11.6. The maximum Gasteiger partial charge on any atom is 0.255 e. The van der Waals surface area contributed by atoms with Gasteiger partial charge in [0.25, 0.3) is 11.5 Å². The highest BCUT2D eigenvalue weighted by Gasteiger charge is 2.38. The number of aromatic nitrogens is 3. The molecule has 5 heterocycles. The molecule has 1 atom stereocenters. The van der Waals surface area contributed by atoms with Gasteiger partial charge in [-0.2, -0.15) is 5.54 Å². The fourth-order valence-corrected chi connectivity index (χ4v) is 8.77. The first-order valence-corrected chi connectivity index (χ1v) is 20.8. The summed E-state index contributed by atoms with van der Waals surface area (Å²) in [6.45, 7) is 3.46. The molecule has 318 valence electrons. The minimum Gasteiger partial charge on any atom is -0.388 e. The first-order chi connectivity index (χ1) is 29.0. The first-order valence-electron chi connectivity index (χ1n) is 20.8. The highest BCUT2D eigenvalue weighted by atomic mass is 19.2. The van der Waals surface area contributed by atoms with Crippen LogP contribution in [0.3, 0.4) is 0 Å². The number of pyridine rings is 1. The monoisotopic (exact) mass is 828 g/mol. The maximum atomic E-state index is 15.0. The van der Waals surface area contributed by atoms with Gasteiger partial charge in [-0.15, -0.1) is 4.48 Å². The molecule has 13 nitrogen and oxygen atoms in total. The van der Waals surface area contributed by atoms with Crippen LogP contribution in [0.15, 0.2) is 77.9 Å². The van der Waals surface area contributed by atoms with E-state index in [-0.39, 0.29) is 59.0 Å². The first kappa shape index (κ1) is 42.5. The van der Waals surface area contributed by atoms with E-state index in [9.17, 15) is 33.2 Å². The number of carbonyl (C=O) groups excluding carboxylic acids is 3. The summed E-state index contributed by atoms with van der Waals surface area (Å²) in [6, 6.07) is 15.8. The van der Waals surface area contributed by atoms with Gasteiger partial charge in [0.1, 0.15) is 17.6 Å². The number of amides is 3. The molecule has 1 aliphatic carbocycles. The number of likely N-dealkylation sites (tertiary alicyclic amines) is 2. The number of benzene rings is 2. The highest BCUT2D eigenvalue weighted by Crippen LogP contribution is 2.34. The molecular weight excluding hydrogens is 778 g/mol. The zero-order valence-corrected chi connectivity index (χ0v) is 33.4. The average molecular weight is 829 g/mol. The molecule has 0 radical (unpaired) electrons. The van der Waals surface area contributed by atoms with Crippen LogP contribution in [0.25, 0.3) is 16.9 Å². The third kappa shape index (κ3) is 10.4. The van der Waals surface area contributed by atoms with Gasteiger partial charge >= 0.3 is 0 Å². The largest absolute Gasteiger partial charge is 0.388 e. The molecule has 8 rings (SSSR count). The molecule has 3 amide bonds. The topological polar surface area (TPSA) is 162 Å². The molecule has 0 spiro atoms. The number of hydrogen-bond donors (Lipinski definition) is 4. The van der Waals surface area contributed by atoms with Crippen LogP contribution in [-0.4, -0.2) is 91.5 Å². The summed E-state index contributed by atoms with van der Waals surface area (Å²) in [7, 11) is 0. The predicted molar refractivity (Wildman–Crippen MR) is 220 cm³/mol. The van der Waals surface area contributed by atoms with Crippen LogP contribution in [-0.2, 0) is 14.4 Å². The number of piperidine rings is 3. The number of β-amino-alcohol motifs (C(OH)–C–C–N with tert-alkyl or cyclic N) is 1. The van der Waals surface area contributed by atoms with E-state index in [1.165, 1.54) is 28.7 Å². The van der Waals surface area contributed by atoms with Crippen molar-refractivity contribution in [3.63, 3.8) is 0 Å². The van der Waals surface area contributed by atoms with E-state index < -0.39 is 17.5 Å². The Kier molecular flexibility index (Phi) is 13.6. The van der Waals surface area contributed by atoms with Crippen LogP contribution in [0.5, 0.6) is 0 Å². The third-order valence-corrected chi connectivity index (χ3v) is 12.1. The molecule has 4 fully saturated rings. The Bertz CT molecular complexity index is 2220. The number of rotatable bonds is 9. The van der Waals surface area contributed by atoms with Gasteiger partial charge in [-0.25, -0.2) is 18.7 Å². The molecule has 0 bridgehead atoms. The molecule has 2 aromatic heterocycles. The van der Waals surface area contributed by atoms with Gasteiger partial charge in [-0.1, -0.05) is 43.5 Å². The summed E-state index contributed by atoms with van der Waals surface area (Å²) < 4.78 is 42.7. The molecule has 16 heteroatoms. The number of hydrogen-bond acceptors (Lipinski definition) is 10. The molecule has 60 heavy (non-hydrogen) atoms. The second kappa shape index (κ2) is 19.2. The van der Waals surface area contributed by atoms with Crippen LogP contribution in [0.2, 0.25) is 0 Å². The number of halogens is 3. The number of nitrogens with one attached hydrogen (secondary N) is 3. The summed E-state index contributed by atoms with van der Waals surface area (Å²) in [4.78, 5) is 59.5. The molecular formula is C44H51F3N8O5. The minimum atomic E-state index is -0.773. The molecule has 2 aromatic carbocycles. The van der Waals surface area contributed by atoms with Crippen LogP contribution in [0.1, 0.15) is 82.1 Å². The van der Waals surface area contributed by atoms with Crippen molar-refractivity contribution in [3.8, 4) is 16.9 Å². The Morgan fingerprint density at radius 2 is 1.65 bits per heavy atom. The molecule has 4 aliphatic rings. The van der Waals surface area contributed by atoms with Gasteiger partial charge in [0, 0.05) is 61.2 Å². The van der Waals surface area contributed by atoms with Crippen molar-refractivity contribution in [1.29, 1.82) is 0 Å². The lowest BCUT2D eigenvalue weighted by molar-refractivity contribution is -0.141. The predicted octanol–water partition coefficient (Wildman–Crippen LogP) is 5.89. The lowest BCUT2D eigenvalue weighted by atomic mass is 9.85. The molecule has 1 unspecified atom stereocenters. The van der Waals surface area contributed by atoms with Gasteiger partial charge < -0.3 is 20.2 Å². The summed E-state index contributed by atoms with van der Waals surface area (Å²) >= 11 is 0. The molecule has 3 saturated heterocycles. The molecule has 1 saturated carbocycles. The number of anilines is 2. The number of aliphatic hydroxyl groups is 1. The van der Waals surface area contributed by atoms with Crippen molar-refractivity contribution in [2.24, 2.45) is 5.92 Å². The fourth-order valence-electron chi connectivity index (χ4n) is 8.77. The summed E-state index contributed by atoms with van der Waals surface area (Å²) in [5.41, 5.74) is 2.42. The van der Waals surface area contributed by atoms with E-state index in [1.54, 1.807) is 54.7 Å². The Morgan fingerprint density at radius 1 is 0.883 bits per heavy atom. The molecule has 4 N–H and O–H groups in total. The second-order valence-electron chi connectivity index (χ2n) is 16.3. The molecule has 3 aliphatic heterocycles. The van der Waals surface area contributed by atoms with Crippen LogP contribution < -0.4 is 21.7 Å². The van der Waals surface area contributed by atoms with E-state index in [2.05, 4.69) is 25.5 Å². The fraction of sp³-hybridized carbons (Fsp3) is 0.455. The zero-order chi connectivity index (χ0) is 42.2. The lowest BCUT2D eigenvalue weighted by Gasteiger charge is -2.43. The SMILES string of the molecule is O=C1CCC(Nc2ccc(C3CCN(CC4(O)CCN(C(=O)C5CCCCC5)CC4)CC3)c(F)c2)C(=O)N1.O=c1ccccn1-c1cccc(-c2nc(NF)ncc2F)c1. The lowest BCUT2D eigenvalue weighted by Crippen LogP contribution is -2.54. The smallest absolute Gasteiger partial charge is 0.255 e. The van der Waals surface area contributed by atoms with Crippen molar-refractivity contribution in [3.05, 3.63) is 101 Å². The summed E-state index contributed by atoms with van der Waals surface area (Å²) in [5, 5.41) is 16.6. The average Bonchev–Trinajstić information content (AvgIpc) is 3.26. The third-order valence-electron chi connectivity index (χ3n) is 12.1. The Morgan fingerprint density at radius 3 is 2.35 bits per heavy atom. The van der Waals surface area contributed by atoms with E-state index >= 15 is 4.39 Å². The second-order valence-corrected chi connectivity index (χ2v) is 16.3. The van der Waals surface area contributed by atoms with Gasteiger partial charge in [0.15, 0.2) is 5.82 Å². The Balaban J connectivity index is 0.000000210. The van der Waals surface area contributed by atoms with Crippen molar-refractivity contribution in [1.82, 2.24) is 29.7 Å². The maximum absolute atomic E-state index is 15.0. The van der Waals surface area contributed by atoms with Gasteiger partial charge in [0.05, 0.1) is 11.8 Å². The zero-order valence-electron chi connectivity index (χ0n) is 33.4. The number of carbonyl (C=O) groups is 3. The molecule has 4 aromatic rings. The number of nitrogens with zero attached hydrogens (tertiary/aromatic N) is 5. The van der Waals surface area contributed by atoms with Crippen LogP contribution in [0.4, 0.5) is 24.9 Å². The van der Waals surface area contributed by atoms with Crippen molar-refractivity contribution >= 4 is 29.4 Å². The minimum absolute atomic E-state index is 0.0546. The van der Waals surface area contributed by atoms with Crippen molar-refractivity contribution < 1.29 is 32.8 Å². The normalized spacial score (nSPS) is 20.1. The summed E-state index contributed by atoms with van der Waals surface area (Å²) in [5.74, 6) is -1.38.